The van der Waals surface area contributed by atoms with Crippen molar-refractivity contribution >= 4 is 17.7 Å². The maximum atomic E-state index is 14.6. The zero-order valence-corrected chi connectivity index (χ0v) is 22.2. The number of carboxylic acid groups (broad SMARTS) is 1. The van der Waals surface area contributed by atoms with Crippen LogP contribution in [0.1, 0.15) is 66.1 Å². The minimum absolute atomic E-state index is 0.0640. The molecule has 42 heavy (non-hydrogen) atoms. The number of carboxylic acids is 1. The number of aromatic nitrogens is 1. The van der Waals surface area contributed by atoms with Crippen LogP contribution < -0.4 is 10.1 Å². The van der Waals surface area contributed by atoms with Gasteiger partial charge in [0.1, 0.15) is 17.2 Å². The van der Waals surface area contributed by atoms with Gasteiger partial charge in [-0.25, -0.2) is 14.0 Å². The molecular formula is C29H27F4N3O6. The molecule has 6 rings (SSSR count). The summed E-state index contributed by atoms with van der Waals surface area (Å²) in [5.74, 6) is -2.11. The van der Waals surface area contributed by atoms with Gasteiger partial charge in [0, 0.05) is 29.1 Å². The molecule has 1 aliphatic carbocycles. The van der Waals surface area contributed by atoms with E-state index in [0.717, 1.165) is 31.7 Å². The second kappa shape index (κ2) is 10.9. The van der Waals surface area contributed by atoms with Gasteiger partial charge in [0.25, 0.3) is 0 Å². The van der Waals surface area contributed by atoms with Crippen LogP contribution in [0.25, 0.3) is 11.3 Å². The van der Waals surface area contributed by atoms with Crippen LogP contribution in [0.5, 0.6) is 5.75 Å². The summed E-state index contributed by atoms with van der Waals surface area (Å²) < 4.78 is 69.9. The Labute approximate surface area is 237 Å². The number of para-hydroxylation sites is 1. The summed E-state index contributed by atoms with van der Waals surface area (Å²) in [7, 11) is 0. The number of amides is 2. The van der Waals surface area contributed by atoms with Gasteiger partial charge in [-0.15, -0.1) is 13.2 Å². The van der Waals surface area contributed by atoms with E-state index in [9.17, 15) is 27.2 Å². The number of fused-ring (bicyclic) bond motifs is 2. The number of urea groups is 1. The summed E-state index contributed by atoms with van der Waals surface area (Å²) in [6, 6.07) is 8.68. The standard InChI is InChI=1S/C29H27F4N3O6/c30-24-20(27(37)38)5-3-6-22(24)34-28(39)36-16-10-11-17(36)13-18(12-16)40-14-21-25(35-42-26(21)15-8-9-15)19-4-1-2-7-23(19)41-29(31,32)33/h1-7,15-18H,8-14H2,(H,34,39)(H,37,38). The zero-order valence-electron chi connectivity index (χ0n) is 22.2. The lowest BCUT2D eigenvalue weighted by Gasteiger charge is -2.38. The van der Waals surface area contributed by atoms with E-state index in [0.29, 0.717) is 24.2 Å². The molecule has 2 amide bonds. The first kappa shape index (κ1) is 28.0. The Morgan fingerprint density at radius 2 is 1.76 bits per heavy atom. The second-order valence-electron chi connectivity index (χ2n) is 10.8. The van der Waals surface area contributed by atoms with Crippen LogP contribution in [0.3, 0.4) is 0 Å². The molecule has 13 heteroatoms. The lowest BCUT2D eigenvalue weighted by Crippen LogP contribution is -2.50. The summed E-state index contributed by atoms with van der Waals surface area (Å²) in [6.45, 7) is 0.0640. The zero-order chi connectivity index (χ0) is 29.6. The van der Waals surface area contributed by atoms with Crippen molar-refractivity contribution in [2.75, 3.05) is 5.32 Å². The number of anilines is 1. The van der Waals surface area contributed by atoms with Gasteiger partial charge in [-0.3, -0.25) is 0 Å². The molecule has 3 aromatic rings. The van der Waals surface area contributed by atoms with E-state index in [2.05, 4.69) is 15.2 Å². The number of benzene rings is 2. The Morgan fingerprint density at radius 3 is 2.43 bits per heavy atom. The van der Waals surface area contributed by atoms with Gasteiger partial charge in [-0.1, -0.05) is 23.4 Å². The average molecular weight is 590 g/mol. The Kier molecular flexibility index (Phi) is 7.29. The summed E-state index contributed by atoms with van der Waals surface area (Å²) in [5, 5.41) is 15.8. The molecule has 1 saturated carbocycles. The molecule has 3 fully saturated rings. The molecule has 222 valence electrons. The van der Waals surface area contributed by atoms with Crippen LogP contribution in [0.15, 0.2) is 47.0 Å². The maximum Gasteiger partial charge on any atom is 0.573 e. The molecule has 2 unspecified atom stereocenters. The summed E-state index contributed by atoms with van der Waals surface area (Å²) in [4.78, 5) is 26.0. The third-order valence-corrected chi connectivity index (χ3v) is 7.99. The molecule has 2 saturated heterocycles. The Balaban J connectivity index is 1.16. The normalized spacial score (nSPS) is 21.8. The van der Waals surface area contributed by atoms with Gasteiger partial charge in [0.15, 0.2) is 5.82 Å². The number of nitrogens with one attached hydrogen (secondary N) is 1. The molecule has 0 radical (unpaired) electrons. The molecule has 2 aromatic carbocycles. The number of alkyl halides is 3. The fourth-order valence-corrected chi connectivity index (χ4v) is 5.98. The van der Waals surface area contributed by atoms with Crippen LogP contribution in [0.2, 0.25) is 0 Å². The Morgan fingerprint density at radius 1 is 1.05 bits per heavy atom. The van der Waals surface area contributed by atoms with E-state index < -0.39 is 29.7 Å². The molecule has 2 bridgehead atoms. The largest absolute Gasteiger partial charge is 0.573 e. The van der Waals surface area contributed by atoms with Crippen molar-refractivity contribution in [1.82, 2.24) is 10.1 Å². The van der Waals surface area contributed by atoms with Gasteiger partial charge < -0.3 is 29.3 Å². The molecule has 9 nitrogen and oxygen atoms in total. The number of aromatic carboxylic acids is 1. The number of carbonyl (C=O) groups excluding carboxylic acids is 1. The lowest BCUT2D eigenvalue weighted by atomic mass is 9.99. The van der Waals surface area contributed by atoms with Crippen LogP contribution in [-0.4, -0.2) is 51.7 Å². The van der Waals surface area contributed by atoms with E-state index in [-0.39, 0.29) is 53.4 Å². The van der Waals surface area contributed by atoms with E-state index in [1.807, 2.05) is 0 Å². The number of piperidine rings is 1. The van der Waals surface area contributed by atoms with Crippen LogP contribution in [0.4, 0.5) is 28.0 Å². The third-order valence-electron chi connectivity index (χ3n) is 7.99. The first-order chi connectivity index (χ1) is 20.1. The summed E-state index contributed by atoms with van der Waals surface area (Å²) in [6.07, 6.45) is -0.877. The maximum absolute atomic E-state index is 14.6. The molecule has 2 atom stereocenters. The SMILES string of the molecule is O=C(O)c1cccc(NC(=O)N2C3CCC2CC(OCc2c(-c4ccccc4OC(F)(F)F)noc2C2CC2)C3)c1F. The van der Waals surface area contributed by atoms with Crippen molar-refractivity contribution in [2.24, 2.45) is 0 Å². The molecule has 2 aliphatic heterocycles. The van der Waals surface area contributed by atoms with Crippen molar-refractivity contribution in [2.45, 2.75) is 75.6 Å². The van der Waals surface area contributed by atoms with Crippen molar-refractivity contribution < 1.29 is 46.3 Å². The lowest BCUT2D eigenvalue weighted by molar-refractivity contribution is -0.274. The highest BCUT2D eigenvalue weighted by molar-refractivity contribution is 5.94. The quantitative estimate of drug-likeness (QED) is 0.281. The van der Waals surface area contributed by atoms with Crippen molar-refractivity contribution in [1.29, 1.82) is 0 Å². The minimum atomic E-state index is -4.87. The predicted molar refractivity (Wildman–Crippen MR) is 139 cm³/mol. The topological polar surface area (TPSA) is 114 Å². The fraction of sp³-hybridized carbons (Fsp3) is 0.414. The molecule has 2 N–H and O–H groups in total. The number of carbonyl (C=O) groups is 2. The fourth-order valence-electron chi connectivity index (χ4n) is 5.98. The number of hydrogen-bond donors (Lipinski definition) is 2. The molecule has 0 spiro atoms. The van der Waals surface area contributed by atoms with Gasteiger partial charge >= 0.3 is 18.4 Å². The van der Waals surface area contributed by atoms with Gasteiger partial charge in [0.2, 0.25) is 0 Å². The highest BCUT2D eigenvalue weighted by Gasteiger charge is 2.44. The third kappa shape index (κ3) is 5.65. The molecular weight excluding hydrogens is 562 g/mol. The van der Waals surface area contributed by atoms with E-state index >= 15 is 0 Å². The number of nitrogens with zero attached hydrogens (tertiary/aromatic N) is 2. The Bertz CT molecular complexity index is 1490. The van der Waals surface area contributed by atoms with Crippen LogP contribution >= 0.6 is 0 Å². The van der Waals surface area contributed by atoms with E-state index in [1.54, 1.807) is 11.0 Å². The van der Waals surface area contributed by atoms with Gasteiger partial charge in [-0.2, -0.15) is 0 Å². The van der Waals surface area contributed by atoms with E-state index in [1.165, 1.54) is 30.3 Å². The predicted octanol–water partition coefficient (Wildman–Crippen LogP) is 6.70. The van der Waals surface area contributed by atoms with E-state index in [4.69, 9.17) is 14.4 Å². The van der Waals surface area contributed by atoms with Gasteiger partial charge in [-0.05, 0) is 62.8 Å². The van der Waals surface area contributed by atoms with Crippen molar-refractivity contribution in [3.05, 3.63) is 65.2 Å². The highest BCUT2D eigenvalue weighted by atomic mass is 19.4. The average Bonchev–Trinajstić information content (AvgIpc) is 3.63. The second-order valence-corrected chi connectivity index (χ2v) is 10.8. The molecule has 3 heterocycles. The monoisotopic (exact) mass is 589 g/mol. The minimum Gasteiger partial charge on any atom is -0.478 e. The van der Waals surface area contributed by atoms with Crippen molar-refractivity contribution in [3.8, 4) is 17.0 Å². The summed E-state index contributed by atoms with van der Waals surface area (Å²) in [5.41, 5.74) is 0.225. The highest BCUT2D eigenvalue weighted by Crippen LogP contribution is 2.46. The first-order valence-electron chi connectivity index (χ1n) is 13.7. The number of ether oxygens (including phenoxy) is 2. The van der Waals surface area contributed by atoms with Crippen LogP contribution in [0, 0.1) is 5.82 Å². The smallest absolute Gasteiger partial charge is 0.478 e. The molecule has 3 aliphatic rings. The number of rotatable bonds is 8. The Hall–Kier alpha value is -4.13. The van der Waals surface area contributed by atoms with Crippen molar-refractivity contribution in [3.63, 3.8) is 0 Å². The summed E-state index contributed by atoms with van der Waals surface area (Å²) >= 11 is 0. The molecule has 1 aromatic heterocycles. The number of halogens is 4. The number of hydrogen-bond acceptors (Lipinski definition) is 6. The van der Waals surface area contributed by atoms with Gasteiger partial charge in [0.05, 0.1) is 24.0 Å². The first-order valence-corrected chi connectivity index (χ1v) is 13.7. The van der Waals surface area contributed by atoms with Crippen LogP contribution in [-0.2, 0) is 11.3 Å².